The Balaban J connectivity index is 1.91. The van der Waals surface area contributed by atoms with Crippen LogP contribution in [0.1, 0.15) is 27.9 Å². The standard InChI is InChI=1S/C12H11N3O3/c13-5-9-4-8(6-14-9)12(17)15-7-10(16)11-2-1-3-18-11/h1-4,6,10,14,16H,7H2,(H,15,17). The number of nitrogens with zero attached hydrogens (tertiary/aromatic N) is 1. The van der Waals surface area contributed by atoms with Crippen LogP contribution >= 0.6 is 0 Å². The van der Waals surface area contributed by atoms with Gasteiger partial charge >= 0.3 is 0 Å². The molecule has 0 saturated carbocycles. The van der Waals surface area contributed by atoms with Crippen molar-refractivity contribution < 1.29 is 14.3 Å². The van der Waals surface area contributed by atoms with E-state index in [2.05, 4.69) is 10.3 Å². The lowest BCUT2D eigenvalue weighted by Crippen LogP contribution is -2.27. The van der Waals surface area contributed by atoms with Gasteiger partial charge in [0.1, 0.15) is 23.6 Å². The second kappa shape index (κ2) is 5.21. The fourth-order valence-electron chi connectivity index (χ4n) is 1.46. The smallest absolute Gasteiger partial charge is 0.252 e. The first-order chi connectivity index (χ1) is 8.70. The van der Waals surface area contributed by atoms with Gasteiger partial charge < -0.3 is 19.8 Å². The van der Waals surface area contributed by atoms with Gasteiger partial charge in [-0.1, -0.05) is 0 Å². The first kappa shape index (κ1) is 12.0. The van der Waals surface area contributed by atoms with Gasteiger partial charge in [0, 0.05) is 6.20 Å². The number of carbonyl (C=O) groups excluding carboxylic acids is 1. The van der Waals surface area contributed by atoms with Gasteiger partial charge in [0.25, 0.3) is 5.91 Å². The fourth-order valence-corrected chi connectivity index (χ4v) is 1.46. The summed E-state index contributed by atoms with van der Waals surface area (Å²) in [5, 5.41) is 20.8. The molecule has 0 aliphatic heterocycles. The fraction of sp³-hybridized carbons (Fsp3) is 0.167. The maximum Gasteiger partial charge on any atom is 0.252 e. The minimum atomic E-state index is -0.890. The molecule has 6 heteroatoms. The lowest BCUT2D eigenvalue weighted by Gasteiger charge is -2.08. The summed E-state index contributed by atoms with van der Waals surface area (Å²) >= 11 is 0. The van der Waals surface area contributed by atoms with Crippen molar-refractivity contribution in [2.75, 3.05) is 6.54 Å². The minimum absolute atomic E-state index is 0.0411. The number of aliphatic hydroxyl groups is 1. The number of nitriles is 1. The van der Waals surface area contributed by atoms with Crippen molar-refractivity contribution in [3.63, 3.8) is 0 Å². The summed E-state index contributed by atoms with van der Waals surface area (Å²) in [6, 6.07) is 6.61. The zero-order valence-electron chi connectivity index (χ0n) is 9.38. The molecule has 2 aromatic heterocycles. The highest BCUT2D eigenvalue weighted by Gasteiger charge is 2.13. The number of furan rings is 1. The van der Waals surface area contributed by atoms with Crippen LogP contribution < -0.4 is 5.32 Å². The van der Waals surface area contributed by atoms with E-state index >= 15 is 0 Å². The molecule has 0 aromatic carbocycles. The quantitative estimate of drug-likeness (QED) is 0.746. The van der Waals surface area contributed by atoms with Crippen molar-refractivity contribution in [1.29, 1.82) is 5.26 Å². The Bertz CT molecular complexity index is 566. The maximum absolute atomic E-state index is 11.7. The van der Waals surface area contributed by atoms with E-state index in [1.807, 2.05) is 6.07 Å². The molecule has 0 aliphatic rings. The van der Waals surface area contributed by atoms with Gasteiger partial charge in [0.15, 0.2) is 0 Å². The number of hydrogen-bond acceptors (Lipinski definition) is 4. The Labute approximate surface area is 103 Å². The highest BCUT2D eigenvalue weighted by atomic mass is 16.4. The van der Waals surface area contributed by atoms with Gasteiger partial charge in [-0.3, -0.25) is 4.79 Å². The summed E-state index contributed by atoms with van der Waals surface area (Å²) in [7, 11) is 0. The molecule has 0 fully saturated rings. The molecule has 0 radical (unpaired) electrons. The van der Waals surface area contributed by atoms with Crippen LogP contribution in [-0.4, -0.2) is 22.5 Å². The van der Waals surface area contributed by atoms with Crippen molar-refractivity contribution in [3.05, 3.63) is 47.7 Å². The summed E-state index contributed by atoms with van der Waals surface area (Å²) in [5.41, 5.74) is 0.657. The van der Waals surface area contributed by atoms with E-state index in [9.17, 15) is 9.90 Å². The number of hydrogen-bond donors (Lipinski definition) is 3. The second-order valence-corrected chi connectivity index (χ2v) is 3.66. The summed E-state index contributed by atoms with van der Waals surface area (Å²) in [6.07, 6.45) is 2.00. The highest BCUT2D eigenvalue weighted by Crippen LogP contribution is 2.12. The van der Waals surface area contributed by atoms with Gasteiger partial charge in [0.2, 0.25) is 0 Å². The summed E-state index contributed by atoms with van der Waals surface area (Å²) in [6.45, 7) is 0.0411. The molecule has 0 saturated heterocycles. The summed E-state index contributed by atoms with van der Waals surface area (Å²) in [4.78, 5) is 14.3. The lowest BCUT2D eigenvalue weighted by molar-refractivity contribution is 0.0901. The van der Waals surface area contributed by atoms with E-state index < -0.39 is 6.10 Å². The summed E-state index contributed by atoms with van der Waals surface area (Å²) in [5.74, 6) is 0.0282. The van der Waals surface area contributed by atoms with Crippen LogP contribution in [0.3, 0.4) is 0 Å². The number of H-pyrrole nitrogens is 1. The molecule has 0 spiro atoms. The van der Waals surface area contributed by atoms with Crippen LogP contribution in [0.4, 0.5) is 0 Å². The molecule has 2 aromatic rings. The topological polar surface area (TPSA) is 102 Å². The van der Waals surface area contributed by atoms with Crippen molar-refractivity contribution in [2.24, 2.45) is 0 Å². The van der Waals surface area contributed by atoms with Crippen LogP contribution in [0.15, 0.2) is 35.1 Å². The summed E-state index contributed by atoms with van der Waals surface area (Å²) < 4.78 is 5.00. The molecule has 92 valence electrons. The molecule has 1 unspecified atom stereocenters. The molecule has 2 rings (SSSR count). The monoisotopic (exact) mass is 245 g/mol. The third-order valence-electron chi connectivity index (χ3n) is 2.39. The van der Waals surface area contributed by atoms with Crippen molar-refractivity contribution in [3.8, 4) is 6.07 Å². The van der Waals surface area contributed by atoms with Gasteiger partial charge in [-0.05, 0) is 18.2 Å². The van der Waals surface area contributed by atoms with Gasteiger partial charge in [-0.2, -0.15) is 5.26 Å². The molecule has 3 N–H and O–H groups in total. The number of carbonyl (C=O) groups is 1. The Kier molecular flexibility index (Phi) is 3.46. The largest absolute Gasteiger partial charge is 0.467 e. The SMILES string of the molecule is N#Cc1cc(C(=O)NCC(O)c2ccco2)c[nH]1. The van der Waals surface area contributed by atoms with Crippen molar-refractivity contribution in [1.82, 2.24) is 10.3 Å². The maximum atomic E-state index is 11.7. The van der Waals surface area contributed by atoms with Crippen LogP contribution in [0.2, 0.25) is 0 Å². The normalized spacial score (nSPS) is 11.8. The number of aromatic amines is 1. The van der Waals surface area contributed by atoms with E-state index in [4.69, 9.17) is 9.68 Å². The van der Waals surface area contributed by atoms with E-state index in [0.29, 0.717) is 17.0 Å². The number of rotatable bonds is 4. The van der Waals surface area contributed by atoms with E-state index in [1.54, 1.807) is 12.1 Å². The Hall–Kier alpha value is -2.52. The van der Waals surface area contributed by atoms with Crippen molar-refractivity contribution >= 4 is 5.91 Å². The molecule has 0 bridgehead atoms. The minimum Gasteiger partial charge on any atom is -0.467 e. The van der Waals surface area contributed by atoms with E-state index in [0.717, 1.165) is 0 Å². The number of amides is 1. The Morgan fingerprint density at radius 1 is 1.67 bits per heavy atom. The molecule has 6 nitrogen and oxygen atoms in total. The molecular formula is C12H11N3O3. The molecule has 1 amide bonds. The number of aromatic nitrogens is 1. The zero-order valence-corrected chi connectivity index (χ0v) is 9.38. The van der Waals surface area contributed by atoms with Gasteiger partial charge in [-0.25, -0.2) is 0 Å². The van der Waals surface area contributed by atoms with Gasteiger partial charge in [0.05, 0.1) is 18.4 Å². The zero-order chi connectivity index (χ0) is 13.0. The van der Waals surface area contributed by atoms with Crippen LogP contribution in [0, 0.1) is 11.3 Å². The van der Waals surface area contributed by atoms with Crippen LogP contribution in [0.5, 0.6) is 0 Å². The Morgan fingerprint density at radius 3 is 3.11 bits per heavy atom. The second-order valence-electron chi connectivity index (χ2n) is 3.66. The predicted molar refractivity (Wildman–Crippen MR) is 61.5 cm³/mol. The Morgan fingerprint density at radius 2 is 2.50 bits per heavy atom. The molecular weight excluding hydrogens is 234 g/mol. The molecule has 2 heterocycles. The predicted octanol–water partition coefficient (Wildman–Crippen LogP) is 0.943. The lowest BCUT2D eigenvalue weighted by atomic mass is 10.2. The van der Waals surface area contributed by atoms with Crippen LogP contribution in [-0.2, 0) is 0 Å². The third-order valence-corrected chi connectivity index (χ3v) is 2.39. The number of aliphatic hydroxyl groups excluding tert-OH is 1. The number of nitrogens with one attached hydrogen (secondary N) is 2. The molecule has 0 aliphatic carbocycles. The first-order valence-electron chi connectivity index (χ1n) is 5.29. The molecule has 18 heavy (non-hydrogen) atoms. The average Bonchev–Trinajstić information content (AvgIpc) is 3.05. The van der Waals surface area contributed by atoms with E-state index in [1.165, 1.54) is 18.5 Å². The average molecular weight is 245 g/mol. The molecule has 1 atom stereocenters. The van der Waals surface area contributed by atoms with E-state index in [-0.39, 0.29) is 12.5 Å². The van der Waals surface area contributed by atoms with Gasteiger partial charge in [-0.15, -0.1) is 0 Å². The first-order valence-corrected chi connectivity index (χ1v) is 5.29. The van der Waals surface area contributed by atoms with Crippen LogP contribution in [0.25, 0.3) is 0 Å². The van der Waals surface area contributed by atoms with Crippen molar-refractivity contribution in [2.45, 2.75) is 6.10 Å². The highest BCUT2D eigenvalue weighted by molar-refractivity contribution is 5.94. The third kappa shape index (κ3) is 2.59.